The number of nitriles is 1. The number of rotatable bonds is 5. The van der Waals surface area contributed by atoms with Gasteiger partial charge in [-0.15, -0.1) is 0 Å². The number of anilines is 2. The van der Waals surface area contributed by atoms with E-state index in [9.17, 15) is 14.9 Å². The van der Waals surface area contributed by atoms with Crippen molar-refractivity contribution in [1.82, 2.24) is 0 Å². The minimum Gasteiger partial charge on any atom is -0.321 e. The second-order valence-electron chi connectivity index (χ2n) is 8.35. The molecular formula is C28H25N3O2S. The Hall–Kier alpha value is -3.82. The van der Waals surface area contributed by atoms with E-state index < -0.39 is 11.2 Å². The van der Waals surface area contributed by atoms with Gasteiger partial charge in [0.25, 0.3) is 5.91 Å². The fourth-order valence-corrected chi connectivity index (χ4v) is 5.05. The van der Waals surface area contributed by atoms with E-state index in [1.165, 1.54) is 16.7 Å². The van der Waals surface area contributed by atoms with Gasteiger partial charge in [-0.3, -0.25) is 14.5 Å². The largest absolute Gasteiger partial charge is 0.321 e. The summed E-state index contributed by atoms with van der Waals surface area (Å²) in [5.74, 6) is -0.669. The number of amides is 2. The molecule has 2 amide bonds. The van der Waals surface area contributed by atoms with E-state index in [1.54, 1.807) is 12.1 Å². The van der Waals surface area contributed by atoms with Crippen molar-refractivity contribution >= 4 is 35.0 Å². The zero-order chi connectivity index (χ0) is 24.2. The SMILES string of the molecule is Cc1ccc(CC2S/C(=C(/C#N)C(=O)Nc3ccccc3)N(c3ccc(C)c(C)c3)C2=O)cc1. The molecule has 0 bridgehead atoms. The van der Waals surface area contributed by atoms with Gasteiger partial charge in [-0.25, -0.2) is 0 Å². The van der Waals surface area contributed by atoms with Crippen LogP contribution in [0.1, 0.15) is 22.3 Å². The highest BCUT2D eigenvalue weighted by molar-refractivity contribution is 8.05. The number of hydrogen-bond donors (Lipinski definition) is 1. The first-order chi connectivity index (χ1) is 16.4. The van der Waals surface area contributed by atoms with Crippen molar-refractivity contribution in [2.75, 3.05) is 10.2 Å². The van der Waals surface area contributed by atoms with Crippen molar-refractivity contribution in [3.63, 3.8) is 0 Å². The number of carbonyl (C=O) groups excluding carboxylic acids is 2. The summed E-state index contributed by atoms with van der Waals surface area (Å²) in [6, 6.07) is 24.8. The lowest BCUT2D eigenvalue weighted by Gasteiger charge is -2.20. The summed E-state index contributed by atoms with van der Waals surface area (Å²) in [4.78, 5) is 28.2. The Labute approximate surface area is 204 Å². The molecule has 1 fully saturated rings. The van der Waals surface area contributed by atoms with Crippen LogP contribution in [-0.2, 0) is 16.0 Å². The third kappa shape index (κ3) is 4.90. The maximum Gasteiger partial charge on any atom is 0.269 e. The summed E-state index contributed by atoms with van der Waals surface area (Å²) in [6.07, 6.45) is 0.508. The van der Waals surface area contributed by atoms with Crippen LogP contribution in [0.25, 0.3) is 0 Å². The maximum absolute atomic E-state index is 13.6. The zero-order valence-electron chi connectivity index (χ0n) is 19.3. The molecule has 1 saturated heterocycles. The number of aryl methyl sites for hydroxylation is 3. The van der Waals surface area contributed by atoms with Crippen LogP contribution >= 0.6 is 11.8 Å². The molecule has 3 aromatic rings. The average molecular weight is 468 g/mol. The van der Waals surface area contributed by atoms with Crippen LogP contribution in [0.5, 0.6) is 0 Å². The maximum atomic E-state index is 13.6. The Bertz CT molecular complexity index is 1310. The molecule has 1 N–H and O–H groups in total. The van der Waals surface area contributed by atoms with Crippen LogP contribution in [0.3, 0.4) is 0 Å². The molecule has 5 nitrogen and oxygen atoms in total. The van der Waals surface area contributed by atoms with Crippen LogP contribution < -0.4 is 10.2 Å². The normalized spacial score (nSPS) is 16.8. The van der Waals surface area contributed by atoms with Gasteiger partial charge in [0.15, 0.2) is 0 Å². The van der Waals surface area contributed by atoms with Crippen molar-refractivity contribution in [2.45, 2.75) is 32.4 Å². The third-order valence-corrected chi connectivity index (χ3v) is 7.09. The van der Waals surface area contributed by atoms with E-state index in [2.05, 4.69) is 11.4 Å². The number of nitrogens with zero attached hydrogens (tertiary/aromatic N) is 2. The minimum atomic E-state index is -0.534. The lowest BCUT2D eigenvalue weighted by molar-refractivity contribution is -0.117. The first-order valence-electron chi connectivity index (χ1n) is 11.0. The van der Waals surface area contributed by atoms with Gasteiger partial charge >= 0.3 is 0 Å². The number of para-hydroxylation sites is 1. The fraction of sp³-hybridized carbons (Fsp3) is 0.179. The predicted octanol–water partition coefficient (Wildman–Crippen LogP) is 5.68. The highest BCUT2D eigenvalue weighted by Crippen LogP contribution is 2.42. The molecular weight excluding hydrogens is 442 g/mol. The van der Waals surface area contributed by atoms with Crippen molar-refractivity contribution in [1.29, 1.82) is 5.26 Å². The summed E-state index contributed by atoms with van der Waals surface area (Å²) in [7, 11) is 0. The summed E-state index contributed by atoms with van der Waals surface area (Å²) >= 11 is 1.28. The van der Waals surface area contributed by atoms with Gasteiger partial charge in [-0.2, -0.15) is 5.26 Å². The van der Waals surface area contributed by atoms with Crippen LogP contribution in [-0.4, -0.2) is 17.1 Å². The Morgan fingerprint density at radius 2 is 1.71 bits per heavy atom. The molecule has 6 heteroatoms. The zero-order valence-corrected chi connectivity index (χ0v) is 20.1. The molecule has 1 aliphatic rings. The molecule has 3 aromatic carbocycles. The molecule has 1 atom stereocenters. The summed E-state index contributed by atoms with van der Waals surface area (Å²) in [6.45, 7) is 6.00. The minimum absolute atomic E-state index is 0.0770. The number of hydrogen-bond acceptors (Lipinski definition) is 4. The van der Waals surface area contributed by atoms with E-state index >= 15 is 0 Å². The van der Waals surface area contributed by atoms with E-state index in [0.29, 0.717) is 22.8 Å². The quantitative estimate of drug-likeness (QED) is 0.387. The Morgan fingerprint density at radius 1 is 1.00 bits per heavy atom. The monoisotopic (exact) mass is 467 g/mol. The van der Waals surface area contributed by atoms with Crippen LogP contribution in [0.15, 0.2) is 83.4 Å². The van der Waals surface area contributed by atoms with Crippen molar-refractivity contribution in [3.05, 3.63) is 106 Å². The van der Waals surface area contributed by atoms with Crippen LogP contribution in [0.2, 0.25) is 0 Å². The Balaban J connectivity index is 1.74. The Kier molecular flexibility index (Phi) is 6.85. The molecule has 34 heavy (non-hydrogen) atoms. The van der Waals surface area contributed by atoms with E-state index in [1.807, 2.05) is 81.4 Å². The molecule has 0 radical (unpaired) electrons. The molecule has 0 saturated carbocycles. The molecule has 0 aromatic heterocycles. The number of nitrogens with one attached hydrogen (secondary N) is 1. The van der Waals surface area contributed by atoms with E-state index in [0.717, 1.165) is 22.3 Å². The highest BCUT2D eigenvalue weighted by Gasteiger charge is 2.40. The van der Waals surface area contributed by atoms with Crippen molar-refractivity contribution in [3.8, 4) is 6.07 Å². The summed E-state index contributed by atoms with van der Waals surface area (Å²) < 4.78 is 0. The first kappa shape index (κ1) is 23.3. The molecule has 4 rings (SSSR count). The van der Waals surface area contributed by atoms with E-state index in [-0.39, 0.29) is 11.5 Å². The fourth-order valence-electron chi connectivity index (χ4n) is 3.74. The standard InChI is InChI=1S/C28H25N3O2S/c1-18-9-12-21(13-10-18)16-25-27(33)31(23-14-11-19(2)20(3)15-23)28(34-25)24(17-29)26(32)30-22-7-5-4-6-8-22/h4-15,25H,16H2,1-3H3,(H,30,32)/b28-24-. The predicted molar refractivity (Wildman–Crippen MR) is 137 cm³/mol. The number of thioether (sulfide) groups is 1. The number of carbonyl (C=O) groups is 2. The topological polar surface area (TPSA) is 73.2 Å². The highest BCUT2D eigenvalue weighted by atomic mass is 32.2. The lowest BCUT2D eigenvalue weighted by Crippen LogP contribution is -2.31. The van der Waals surface area contributed by atoms with Gasteiger partial charge in [0, 0.05) is 11.4 Å². The molecule has 1 unspecified atom stereocenters. The summed E-state index contributed by atoms with van der Waals surface area (Å²) in [5.41, 5.74) is 5.48. The van der Waals surface area contributed by atoms with Crippen molar-refractivity contribution < 1.29 is 9.59 Å². The van der Waals surface area contributed by atoms with Gasteiger partial charge in [-0.05, 0) is 68.1 Å². The Morgan fingerprint density at radius 3 is 2.35 bits per heavy atom. The average Bonchev–Trinajstić information content (AvgIpc) is 3.14. The second-order valence-corrected chi connectivity index (χ2v) is 9.54. The third-order valence-electron chi connectivity index (χ3n) is 5.83. The molecule has 170 valence electrons. The molecule has 1 heterocycles. The van der Waals surface area contributed by atoms with Crippen LogP contribution in [0, 0.1) is 32.1 Å². The molecule has 0 aliphatic carbocycles. The van der Waals surface area contributed by atoms with Gasteiger partial charge in [0.05, 0.1) is 5.25 Å². The molecule has 1 aliphatic heterocycles. The second kappa shape index (κ2) is 9.98. The lowest BCUT2D eigenvalue weighted by atomic mass is 10.1. The summed E-state index contributed by atoms with van der Waals surface area (Å²) in [5, 5.41) is 12.7. The first-order valence-corrected chi connectivity index (χ1v) is 11.9. The van der Waals surface area contributed by atoms with Crippen molar-refractivity contribution in [2.24, 2.45) is 0 Å². The molecule has 0 spiro atoms. The van der Waals surface area contributed by atoms with Gasteiger partial charge < -0.3 is 5.32 Å². The smallest absolute Gasteiger partial charge is 0.269 e. The van der Waals surface area contributed by atoms with Gasteiger partial charge in [0.1, 0.15) is 16.7 Å². The van der Waals surface area contributed by atoms with Gasteiger partial charge in [-0.1, -0.05) is 65.9 Å². The van der Waals surface area contributed by atoms with Crippen LogP contribution in [0.4, 0.5) is 11.4 Å². The van der Waals surface area contributed by atoms with E-state index in [4.69, 9.17) is 0 Å². The number of benzene rings is 3. The van der Waals surface area contributed by atoms with Gasteiger partial charge in [0.2, 0.25) is 5.91 Å².